The van der Waals surface area contributed by atoms with Crippen LogP contribution in [0.2, 0.25) is 0 Å². The van der Waals surface area contributed by atoms with Gasteiger partial charge in [-0.05, 0) is 75.3 Å². The summed E-state index contributed by atoms with van der Waals surface area (Å²) < 4.78 is 6.38. The molecule has 0 aromatic rings. The molecule has 4 rings (SSSR count). The van der Waals surface area contributed by atoms with Crippen molar-refractivity contribution in [2.24, 2.45) is 34.0 Å². The second-order valence-corrected chi connectivity index (χ2v) is 14.9. The number of Topliss-reactive ketones (excluding diaryl/α,β-unsaturated/α-hetero) is 1. The van der Waals surface area contributed by atoms with E-state index < -0.39 is 29.1 Å². The van der Waals surface area contributed by atoms with Crippen LogP contribution in [-0.4, -0.2) is 75.3 Å². The number of thioether (sulfide) groups is 1. The van der Waals surface area contributed by atoms with Crippen molar-refractivity contribution < 1.29 is 24.5 Å². The maximum absolute atomic E-state index is 13.6. The van der Waals surface area contributed by atoms with Gasteiger partial charge >= 0.3 is 5.97 Å². The summed E-state index contributed by atoms with van der Waals surface area (Å²) in [6.45, 7) is 18.9. The van der Waals surface area contributed by atoms with E-state index in [-0.39, 0.29) is 45.9 Å². The van der Waals surface area contributed by atoms with Crippen LogP contribution in [0.25, 0.3) is 0 Å². The zero-order valence-corrected chi connectivity index (χ0v) is 26.0. The van der Waals surface area contributed by atoms with Crippen LogP contribution < -0.4 is 0 Å². The summed E-state index contributed by atoms with van der Waals surface area (Å²) in [5.41, 5.74) is -1.39. The molecular formula is C32H53NO5S. The minimum atomic E-state index is -0.659. The van der Waals surface area contributed by atoms with Crippen molar-refractivity contribution in [3.05, 3.63) is 12.7 Å². The molecule has 2 bridgehead atoms. The predicted molar refractivity (Wildman–Crippen MR) is 157 cm³/mol. The zero-order valence-electron chi connectivity index (χ0n) is 25.2. The lowest BCUT2D eigenvalue weighted by Crippen LogP contribution is -2.63. The first-order valence-electron chi connectivity index (χ1n) is 15.4. The fourth-order valence-corrected chi connectivity index (χ4v) is 10.3. The van der Waals surface area contributed by atoms with Crippen molar-refractivity contribution in [2.75, 3.05) is 18.8 Å². The third-order valence-electron chi connectivity index (χ3n) is 12.0. The maximum Gasteiger partial charge on any atom is 0.316 e. The van der Waals surface area contributed by atoms with E-state index in [4.69, 9.17) is 4.74 Å². The Morgan fingerprint density at radius 2 is 1.85 bits per heavy atom. The van der Waals surface area contributed by atoms with Crippen LogP contribution in [0.4, 0.5) is 0 Å². The van der Waals surface area contributed by atoms with E-state index in [0.29, 0.717) is 18.9 Å². The van der Waals surface area contributed by atoms with Gasteiger partial charge in [0.1, 0.15) is 11.9 Å². The third kappa shape index (κ3) is 5.28. The number of carbonyl (C=O) groups excluding carboxylic acids is 2. The molecule has 4 saturated carbocycles. The number of ketones is 1. The topological polar surface area (TPSA) is 87.1 Å². The summed E-state index contributed by atoms with van der Waals surface area (Å²) in [5.74, 6) is 0.143. The van der Waals surface area contributed by atoms with Gasteiger partial charge in [-0.1, -0.05) is 47.6 Å². The molecule has 7 heteroatoms. The second kappa shape index (κ2) is 11.8. The maximum atomic E-state index is 13.6. The monoisotopic (exact) mass is 563 g/mol. The number of aliphatic hydroxyl groups excluding tert-OH is 2. The van der Waals surface area contributed by atoms with E-state index in [1.165, 1.54) is 11.8 Å². The van der Waals surface area contributed by atoms with Gasteiger partial charge in [-0.3, -0.25) is 9.59 Å². The van der Waals surface area contributed by atoms with Crippen molar-refractivity contribution in [1.82, 2.24) is 4.90 Å². The standard InChI is InChI=1S/C32H53NO5S/c1-8-30(6)18-26(38-27(36)19-39-25-12-11-22(17-24(25)35)33(9-2)10-3)31(7)20(4)13-15-32(21(5)29(30)37)16-14-23(34)28(31)32/h8,20-22,24-26,28-29,35,37H,1,9-19H2,2-7H3/t20-,21+,22+,24+,25+,26-,28+,29+,30-,31+,32+/m1/s1. The first-order chi connectivity index (χ1) is 18.4. The Kier molecular flexibility index (Phi) is 9.37. The number of nitrogens with zero attached hydrogens (tertiary/aromatic N) is 1. The summed E-state index contributed by atoms with van der Waals surface area (Å²) in [7, 11) is 0. The van der Waals surface area contributed by atoms with Gasteiger partial charge in [0.15, 0.2) is 0 Å². The summed E-state index contributed by atoms with van der Waals surface area (Å²) in [5, 5.41) is 22.6. The van der Waals surface area contributed by atoms with Gasteiger partial charge in [-0.25, -0.2) is 0 Å². The summed E-state index contributed by atoms with van der Waals surface area (Å²) >= 11 is 1.51. The Labute approximate surface area is 240 Å². The summed E-state index contributed by atoms with van der Waals surface area (Å²) in [4.78, 5) is 29.4. The summed E-state index contributed by atoms with van der Waals surface area (Å²) in [6, 6.07) is 0.399. The van der Waals surface area contributed by atoms with E-state index in [0.717, 1.165) is 51.6 Å². The lowest BCUT2D eigenvalue weighted by atomic mass is 9.44. The molecule has 2 N–H and O–H groups in total. The van der Waals surface area contributed by atoms with Crippen LogP contribution in [0, 0.1) is 34.0 Å². The van der Waals surface area contributed by atoms with E-state index in [1.54, 1.807) is 0 Å². The highest BCUT2D eigenvalue weighted by atomic mass is 32.2. The molecule has 0 unspecified atom stereocenters. The fraction of sp³-hybridized carbons (Fsp3) is 0.875. The average molecular weight is 564 g/mol. The molecule has 0 radical (unpaired) electrons. The van der Waals surface area contributed by atoms with E-state index in [2.05, 4.69) is 46.1 Å². The van der Waals surface area contributed by atoms with E-state index >= 15 is 0 Å². The molecule has 39 heavy (non-hydrogen) atoms. The number of hydrogen-bond donors (Lipinski definition) is 2. The number of rotatable bonds is 8. The van der Waals surface area contributed by atoms with Crippen LogP contribution in [0.15, 0.2) is 12.7 Å². The Balaban J connectivity index is 1.53. The Hall–Kier alpha value is -0.890. The summed E-state index contributed by atoms with van der Waals surface area (Å²) in [6.07, 6.45) is 6.61. The molecule has 0 spiro atoms. The zero-order chi connectivity index (χ0) is 28.8. The Morgan fingerprint density at radius 1 is 1.15 bits per heavy atom. The lowest BCUT2D eigenvalue weighted by molar-refractivity contribution is -0.205. The fourth-order valence-electron chi connectivity index (χ4n) is 9.23. The highest BCUT2D eigenvalue weighted by Crippen LogP contribution is 2.68. The number of ether oxygens (including phenoxy) is 1. The minimum absolute atomic E-state index is 0.0241. The van der Waals surface area contributed by atoms with Gasteiger partial charge in [0.2, 0.25) is 0 Å². The SMILES string of the molecule is C=C[C@]1(C)C[C@@H](OC(=O)CS[C@H]2CC[C@H](N(CC)CC)C[C@@H]2O)[C@]2(C)[C@H](C)CC[C@]3(CCC(=O)[C@H]32)[C@@H](C)[C@@H]1O. The van der Waals surface area contributed by atoms with Crippen molar-refractivity contribution in [2.45, 2.75) is 123 Å². The number of esters is 1. The molecule has 222 valence electrons. The van der Waals surface area contributed by atoms with Crippen LogP contribution in [-0.2, 0) is 14.3 Å². The molecule has 0 heterocycles. The van der Waals surface area contributed by atoms with Crippen molar-refractivity contribution in [1.29, 1.82) is 0 Å². The molecule has 11 atom stereocenters. The van der Waals surface area contributed by atoms with Crippen molar-refractivity contribution in [3.8, 4) is 0 Å². The molecule has 6 nitrogen and oxygen atoms in total. The van der Waals surface area contributed by atoms with Crippen molar-refractivity contribution in [3.63, 3.8) is 0 Å². The van der Waals surface area contributed by atoms with Crippen LogP contribution >= 0.6 is 11.8 Å². The van der Waals surface area contributed by atoms with Crippen molar-refractivity contribution >= 4 is 23.5 Å². The van der Waals surface area contributed by atoms with Gasteiger partial charge in [-0.15, -0.1) is 18.3 Å². The average Bonchev–Trinajstić information content (AvgIpc) is 3.27. The predicted octanol–water partition coefficient (Wildman–Crippen LogP) is 5.25. The van der Waals surface area contributed by atoms with Crippen LogP contribution in [0.5, 0.6) is 0 Å². The molecule has 4 fully saturated rings. The van der Waals surface area contributed by atoms with Gasteiger partial charge in [-0.2, -0.15) is 0 Å². The molecular weight excluding hydrogens is 510 g/mol. The first-order valence-corrected chi connectivity index (χ1v) is 16.5. The third-order valence-corrected chi connectivity index (χ3v) is 13.4. The number of carbonyl (C=O) groups is 2. The molecule has 0 aromatic carbocycles. The molecule has 0 amide bonds. The van der Waals surface area contributed by atoms with E-state index in [9.17, 15) is 19.8 Å². The van der Waals surface area contributed by atoms with Gasteiger partial charge in [0.05, 0.1) is 18.0 Å². The van der Waals surface area contributed by atoms with Gasteiger partial charge in [0.25, 0.3) is 0 Å². The highest BCUT2D eigenvalue weighted by Gasteiger charge is 2.68. The molecule has 0 saturated heterocycles. The lowest BCUT2D eigenvalue weighted by Gasteiger charge is -2.61. The molecule has 4 aliphatic carbocycles. The number of aliphatic hydroxyl groups is 2. The Bertz CT molecular complexity index is 924. The second-order valence-electron chi connectivity index (χ2n) is 13.7. The number of hydrogen-bond acceptors (Lipinski definition) is 7. The first kappa shape index (κ1) is 31.1. The van der Waals surface area contributed by atoms with Gasteiger partial charge < -0.3 is 19.8 Å². The normalized spacial score (nSPS) is 46.3. The molecule has 0 aliphatic heterocycles. The minimum Gasteiger partial charge on any atom is -0.461 e. The Morgan fingerprint density at radius 3 is 2.46 bits per heavy atom. The quantitative estimate of drug-likeness (QED) is 0.308. The van der Waals surface area contributed by atoms with E-state index in [1.807, 2.05) is 13.0 Å². The molecule has 0 aromatic heterocycles. The largest absolute Gasteiger partial charge is 0.461 e. The molecule has 4 aliphatic rings. The van der Waals surface area contributed by atoms with Gasteiger partial charge in [0, 0.05) is 34.5 Å². The van der Waals surface area contributed by atoms with Crippen LogP contribution in [0.1, 0.15) is 92.9 Å². The highest BCUT2D eigenvalue weighted by molar-refractivity contribution is 8.00. The van der Waals surface area contributed by atoms with Crippen LogP contribution in [0.3, 0.4) is 0 Å². The smallest absolute Gasteiger partial charge is 0.316 e.